The Morgan fingerprint density at radius 1 is 1.00 bits per heavy atom. The average molecular weight is 294 g/mol. The van der Waals surface area contributed by atoms with Gasteiger partial charge < -0.3 is 9.80 Å². The third kappa shape index (κ3) is 3.31. The van der Waals surface area contributed by atoms with E-state index in [0.29, 0.717) is 23.5 Å². The molecule has 3 aliphatic heterocycles. The molecule has 1 amide bonds. The quantitative estimate of drug-likeness (QED) is 0.782. The van der Waals surface area contributed by atoms with Crippen molar-refractivity contribution in [2.75, 3.05) is 33.2 Å². The molecular weight excluding hydrogens is 264 g/mol. The lowest BCUT2D eigenvalue weighted by molar-refractivity contribution is -0.153. The molecule has 0 spiro atoms. The van der Waals surface area contributed by atoms with E-state index in [0.717, 1.165) is 45.4 Å². The van der Waals surface area contributed by atoms with Gasteiger partial charge in [-0.15, -0.1) is 0 Å². The van der Waals surface area contributed by atoms with Crippen LogP contribution in [0, 0.1) is 23.7 Å². The standard InChI is InChI=1S/C15H24N2O2.C2H6/c1-10(18)14-12-7-13(14)9-17(8-12)15(19)11-3-5-16(2)6-4-11;1-2/h11-14H,3-9H2,1-2H3;1-2H3. The fourth-order valence-electron chi connectivity index (χ4n) is 4.25. The smallest absolute Gasteiger partial charge is 0.225 e. The number of amides is 1. The van der Waals surface area contributed by atoms with Crippen molar-refractivity contribution in [2.24, 2.45) is 23.7 Å². The largest absolute Gasteiger partial charge is 0.342 e. The SMILES string of the molecule is CC.CC(=O)C1C2CC1CN(C(=O)C1CCN(C)CC1)C2. The number of hydrogen-bond donors (Lipinski definition) is 0. The highest BCUT2D eigenvalue weighted by Crippen LogP contribution is 2.46. The van der Waals surface area contributed by atoms with E-state index in [4.69, 9.17) is 0 Å². The third-order valence-corrected chi connectivity index (χ3v) is 5.38. The lowest BCUT2D eigenvalue weighted by Gasteiger charge is -2.53. The van der Waals surface area contributed by atoms with Crippen LogP contribution in [-0.4, -0.2) is 54.7 Å². The Morgan fingerprint density at radius 3 is 2.00 bits per heavy atom. The van der Waals surface area contributed by atoms with Crippen molar-refractivity contribution < 1.29 is 9.59 Å². The zero-order valence-electron chi connectivity index (χ0n) is 14.0. The van der Waals surface area contributed by atoms with E-state index in [1.54, 1.807) is 6.92 Å². The number of fused-ring (bicyclic) bond motifs is 2. The minimum absolute atomic E-state index is 0.226. The van der Waals surface area contributed by atoms with Crippen LogP contribution in [0.5, 0.6) is 0 Å². The average Bonchev–Trinajstić information content (AvgIpc) is 2.49. The van der Waals surface area contributed by atoms with Gasteiger partial charge in [0, 0.05) is 24.9 Å². The third-order valence-electron chi connectivity index (χ3n) is 5.38. The first-order valence-electron chi connectivity index (χ1n) is 8.54. The number of likely N-dealkylation sites (tertiary alicyclic amines) is 1. The minimum Gasteiger partial charge on any atom is -0.342 e. The molecule has 0 N–H and O–H groups in total. The molecule has 4 fully saturated rings. The van der Waals surface area contributed by atoms with Gasteiger partial charge in [0.05, 0.1) is 0 Å². The molecule has 0 radical (unpaired) electrons. The van der Waals surface area contributed by atoms with Crippen molar-refractivity contribution >= 4 is 11.7 Å². The van der Waals surface area contributed by atoms with E-state index in [1.807, 2.05) is 18.7 Å². The van der Waals surface area contributed by atoms with Crippen LogP contribution in [-0.2, 0) is 9.59 Å². The minimum atomic E-state index is 0.226. The molecule has 21 heavy (non-hydrogen) atoms. The van der Waals surface area contributed by atoms with Gasteiger partial charge in [-0.05, 0) is 58.2 Å². The summed E-state index contributed by atoms with van der Waals surface area (Å²) in [5.41, 5.74) is 0. The fraction of sp³-hybridized carbons (Fsp3) is 0.882. The van der Waals surface area contributed by atoms with E-state index in [2.05, 4.69) is 11.9 Å². The predicted octanol–water partition coefficient (Wildman–Crippen LogP) is 2.04. The summed E-state index contributed by atoms with van der Waals surface area (Å²) in [5, 5.41) is 0. The number of piperidine rings is 3. The molecule has 1 saturated carbocycles. The zero-order chi connectivity index (χ0) is 15.6. The van der Waals surface area contributed by atoms with Crippen molar-refractivity contribution in [3.8, 4) is 0 Å². The molecular formula is C17H30N2O2. The van der Waals surface area contributed by atoms with Gasteiger partial charge in [-0.25, -0.2) is 0 Å². The molecule has 1 aliphatic carbocycles. The molecule has 0 aromatic rings. The molecule has 3 heterocycles. The Labute approximate surface area is 128 Å². The molecule has 2 atom stereocenters. The summed E-state index contributed by atoms with van der Waals surface area (Å²) in [6.07, 6.45) is 3.15. The lowest BCUT2D eigenvalue weighted by atomic mass is 9.60. The number of carbonyl (C=O) groups excluding carboxylic acids is 2. The van der Waals surface area contributed by atoms with Crippen LogP contribution >= 0.6 is 0 Å². The highest BCUT2D eigenvalue weighted by molar-refractivity contribution is 5.82. The van der Waals surface area contributed by atoms with E-state index >= 15 is 0 Å². The molecule has 2 bridgehead atoms. The first kappa shape index (κ1) is 16.5. The molecule has 4 aliphatic rings. The van der Waals surface area contributed by atoms with E-state index in [1.165, 1.54) is 0 Å². The molecule has 0 aromatic carbocycles. The van der Waals surface area contributed by atoms with Crippen molar-refractivity contribution in [1.82, 2.24) is 9.80 Å². The van der Waals surface area contributed by atoms with Crippen LogP contribution < -0.4 is 0 Å². The first-order chi connectivity index (χ1) is 10.1. The monoisotopic (exact) mass is 294 g/mol. The Kier molecular flexibility index (Phi) is 5.42. The van der Waals surface area contributed by atoms with Crippen molar-refractivity contribution in [2.45, 2.75) is 40.0 Å². The summed E-state index contributed by atoms with van der Waals surface area (Å²) >= 11 is 0. The van der Waals surface area contributed by atoms with Gasteiger partial charge >= 0.3 is 0 Å². The van der Waals surface area contributed by atoms with Crippen LogP contribution in [0.4, 0.5) is 0 Å². The molecule has 4 nitrogen and oxygen atoms in total. The molecule has 2 unspecified atom stereocenters. The summed E-state index contributed by atoms with van der Waals surface area (Å²) in [5.74, 6) is 2.06. The van der Waals surface area contributed by atoms with Gasteiger partial charge in [0.1, 0.15) is 5.78 Å². The Bertz CT molecular complexity index is 376. The molecule has 4 rings (SSSR count). The van der Waals surface area contributed by atoms with Gasteiger partial charge in [-0.3, -0.25) is 9.59 Å². The summed E-state index contributed by atoms with van der Waals surface area (Å²) in [6.45, 7) is 9.43. The van der Waals surface area contributed by atoms with E-state index < -0.39 is 0 Å². The molecule has 3 saturated heterocycles. The summed E-state index contributed by atoms with van der Waals surface area (Å²) in [7, 11) is 2.12. The second-order valence-electron chi connectivity index (χ2n) is 6.71. The van der Waals surface area contributed by atoms with Crippen LogP contribution in [0.3, 0.4) is 0 Å². The highest BCUT2D eigenvalue weighted by Gasteiger charge is 2.50. The Morgan fingerprint density at radius 2 is 1.52 bits per heavy atom. The van der Waals surface area contributed by atoms with Crippen LogP contribution in [0.1, 0.15) is 40.0 Å². The van der Waals surface area contributed by atoms with Gasteiger partial charge in [-0.1, -0.05) is 13.8 Å². The number of ketones is 1. The van der Waals surface area contributed by atoms with Crippen molar-refractivity contribution in [3.05, 3.63) is 0 Å². The van der Waals surface area contributed by atoms with E-state index in [9.17, 15) is 9.59 Å². The zero-order valence-corrected chi connectivity index (χ0v) is 14.0. The van der Waals surface area contributed by atoms with Crippen molar-refractivity contribution in [1.29, 1.82) is 0 Å². The van der Waals surface area contributed by atoms with Gasteiger partial charge in [0.25, 0.3) is 0 Å². The van der Waals surface area contributed by atoms with Gasteiger partial charge in [0.2, 0.25) is 5.91 Å². The van der Waals surface area contributed by atoms with Crippen molar-refractivity contribution in [3.63, 3.8) is 0 Å². The number of nitrogens with zero attached hydrogens (tertiary/aromatic N) is 2. The van der Waals surface area contributed by atoms with Crippen LogP contribution in [0.25, 0.3) is 0 Å². The summed E-state index contributed by atoms with van der Waals surface area (Å²) < 4.78 is 0. The maximum atomic E-state index is 12.5. The maximum Gasteiger partial charge on any atom is 0.225 e. The topological polar surface area (TPSA) is 40.6 Å². The Balaban J connectivity index is 0.000000774. The number of hydrogen-bond acceptors (Lipinski definition) is 3. The number of Topliss-reactive ketones (excluding diaryl/α,β-unsaturated/α-hetero) is 1. The molecule has 4 heteroatoms. The van der Waals surface area contributed by atoms with Gasteiger partial charge in [-0.2, -0.15) is 0 Å². The van der Waals surface area contributed by atoms with Gasteiger partial charge in [0.15, 0.2) is 0 Å². The maximum absolute atomic E-state index is 12.5. The molecule has 0 aromatic heterocycles. The summed E-state index contributed by atoms with van der Waals surface area (Å²) in [6, 6.07) is 0. The second-order valence-corrected chi connectivity index (χ2v) is 6.71. The lowest BCUT2D eigenvalue weighted by Crippen LogP contribution is -2.59. The normalized spacial score (nSPS) is 32.8. The fourth-order valence-corrected chi connectivity index (χ4v) is 4.25. The van der Waals surface area contributed by atoms with Crippen LogP contribution in [0.2, 0.25) is 0 Å². The number of rotatable bonds is 2. The summed E-state index contributed by atoms with van der Waals surface area (Å²) in [4.78, 5) is 28.4. The second kappa shape index (κ2) is 6.91. The number of carbonyl (C=O) groups is 2. The van der Waals surface area contributed by atoms with Crippen LogP contribution in [0.15, 0.2) is 0 Å². The first-order valence-corrected chi connectivity index (χ1v) is 8.54. The Hall–Kier alpha value is -0.900. The van der Waals surface area contributed by atoms with E-state index in [-0.39, 0.29) is 11.8 Å². The predicted molar refractivity (Wildman–Crippen MR) is 83.9 cm³/mol. The molecule has 120 valence electrons. The highest BCUT2D eigenvalue weighted by atomic mass is 16.2.